The largest absolute Gasteiger partial charge is 0.321 e. The Balaban J connectivity index is 2.27. The van der Waals surface area contributed by atoms with E-state index >= 15 is 0 Å². The first-order valence-corrected chi connectivity index (χ1v) is 5.03. The highest BCUT2D eigenvalue weighted by Crippen LogP contribution is 2.51. The van der Waals surface area contributed by atoms with Crippen LogP contribution < -0.4 is 5.73 Å². The fourth-order valence-corrected chi connectivity index (χ4v) is 2.15. The van der Waals surface area contributed by atoms with Crippen LogP contribution in [0.3, 0.4) is 0 Å². The molecule has 1 nitrogen and oxygen atoms in total. The number of hydrogen-bond acceptors (Lipinski definition) is 1. The minimum atomic E-state index is 0.000764. The van der Waals surface area contributed by atoms with E-state index in [1.807, 2.05) is 0 Å². The number of aryl methyl sites for hydroxylation is 1. The lowest BCUT2D eigenvalue weighted by molar-refractivity contribution is 0.615. The molecule has 2 N–H and O–H groups in total. The Morgan fingerprint density at radius 1 is 1.54 bits per heavy atom. The predicted octanol–water partition coefficient (Wildman–Crippen LogP) is 2.58. The second-order valence-corrected chi connectivity index (χ2v) is 4.22. The van der Waals surface area contributed by atoms with E-state index in [-0.39, 0.29) is 5.54 Å². The maximum atomic E-state index is 6.29. The Morgan fingerprint density at radius 3 is 2.85 bits per heavy atom. The van der Waals surface area contributed by atoms with Gasteiger partial charge in [-0.15, -0.1) is 0 Å². The Kier molecular flexibility index (Phi) is 1.92. The van der Waals surface area contributed by atoms with Crippen LogP contribution in [-0.4, -0.2) is 0 Å². The van der Waals surface area contributed by atoms with E-state index in [1.54, 1.807) is 0 Å². The molecular formula is C12H17N. The highest BCUT2D eigenvalue weighted by Gasteiger charge is 2.50. The van der Waals surface area contributed by atoms with Crippen molar-refractivity contribution in [3.8, 4) is 0 Å². The molecule has 70 valence electrons. The molecule has 0 aliphatic heterocycles. The normalized spacial score (nSPS) is 31.8. The van der Waals surface area contributed by atoms with Crippen LogP contribution in [-0.2, 0) is 5.54 Å². The van der Waals surface area contributed by atoms with Gasteiger partial charge in [-0.1, -0.05) is 43.2 Å². The summed E-state index contributed by atoms with van der Waals surface area (Å²) < 4.78 is 0. The van der Waals surface area contributed by atoms with E-state index in [4.69, 9.17) is 5.73 Å². The second kappa shape index (κ2) is 2.85. The lowest BCUT2D eigenvalue weighted by atomic mass is 10.0. The summed E-state index contributed by atoms with van der Waals surface area (Å²) in [5, 5.41) is 0. The van der Waals surface area contributed by atoms with Gasteiger partial charge in [0, 0.05) is 5.54 Å². The molecule has 1 aliphatic carbocycles. The molecule has 13 heavy (non-hydrogen) atoms. The minimum absolute atomic E-state index is 0.000764. The molecule has 1 aromatic carbocycles. The summed E-state index contributed by atoms with van der Waals surface area (Å²) in [6.45, 7) is 4.34. The van der Waals surface area contributed by atoms with Gasteiger partial charge in [-0.2, -0.15) is 0 Å². The zero-order valence-electron chi connectivity index (χ0n) is 8.38. The zero-order valence-corrected chi connectivity index (χ0v) is 8.38. The van der Waals surface area contributed by atoms with Crippen LogP contribution in [0.25, 0.3) is 0 Å². The Hall–Kier alpha value is -0.820. The van der Waals surface area contributed by atoms with Gasteiger partial charge in [0.2, 0.25) is 0 Å². The van der Waals surface area contributed by atoms with Crippen LogP contribution in [0, 0.1) is 12.8 Å². The van der Waals surface area contributed by atoms with Crippen LogP contribution in [0.2, 0.25) is 0 Å². The molecule has 2 unspecified atom stereocenters. The number of rotatable bonds is 2. The summed E-state index contributed by atoms with van der Waals surface area (Å²) in [4.78, 5) is 0. The molecule has 0 spiro atoms. The number of hydrogen-bond donors (Lipinski definition) is 1. The average Bonchev–Trinajstić information content (AvgIpc) is 2.79. The summed E-state index contributed by atoms with van der Waals surface area (Å²) in [5.74, 6) is 0.703. The minimum Gasteiger partial charge on any atom is -0.321 e. The molecule has 2 atom stereocenters. The van der Waals surface area contributed by atoms with E-state index < -0.39 is 0 Å². The predicted molar refractivity (Wildman–Crippen MR) is 55.4 cm³/mol. The van der Waals surface area contributed by atoms with Crippen LogP contribution in [0.5, 0.6) is 0 Å². The van der Waals surface area contributed by atoms with Gasteiger partial charge in [0.1, 0.15) is 0 Å². The van der Waals surface area contributed by atoms with Gasteiger partial charge in [-0.05, 0) is 24.8 Å². The van der Waals surface area contributed by atoms with Gasteiger partial charge in [0.05, 0.1) is 0 Å². The summed E-state index contributed by atoms with van der Waals surface area (Å²) in [6, 6.07) is 8.60. The molecule has 1 aromatic rings. The van der Waals surface area contributed by atoms with Crippen molar-refractivity contribution in [2.24, 2.45) is 11.7 Å². The van der Waals surface area contributed by atoms with Crippen molar-refractivity contribution in [1.82, 2.24) is 0 Å². The van der Waals surface area contributed by atoms with Crippen LogP contribution in [0.15, 0.2) is 24.3 Å². The number of benzene rings is 1. The molecule has 0 amide bonds. The highest BCUT2D eigenvalue weighted by atomic mass is 14.9. The smallest absolute Gasteiger partial charge is 0.0442 e. The van der Waals surface area contributed by atoms with Crippen molar-refractivity contribution >= 4 is 0 Å². The van der Waals surface area contributed by atoms with Gasteiger partial charge in [0.15, 0.2) is 0 Å². The third kappa shape index (κ3) is 1.37. The van der Waals surface area contributed by atoms with Crippen molar-refractivity contribution < 1.29 is 0 Å². The van der Waals surface area contributed by atoms with Crippen LogP contribution in [0.1, 0.15) is 30.9 Å². The second-order valence-electron chi connectivity index (χ2n) is 4.22. The first-order valence-electron chi connectivity index (χ1n) is 5.03. The molecule has 1 saturated carbocycles. The maximum absolute atomic E-state index is 6.29. The summed E-state index contributed by atoms with van der Waals surface area (Å²) in [5.41, 5.74) is 8.92. The topological polar surface area (TPSA) is 26.0 Å². The van der Waals surface area contributed by atoms with Crippen LogP contribution in [0.4, 0.5) is 0 Å². The van der Waals surface area contributed by atoms with Gasteiger partial charge < -0.3 is 5.73 Å². The van der Waals surface area contributed by atoms with Gasteiger partial charge >= 0.3 is 0 Å². The van der Waals surface area contributed by atoms with E-state index in [9.17, 15) is 0 Å². The lowest BCUT2D eigenvalue weighted by Crippen LogP contribution is -2.21. The monoisotopic (exact) mass is 175 g/mol. The molecule has 2 rings (SSSR count). The van der Waals surface area contributed by atoms with Crippen molar-refractivity contribution in [2.45, 2.75) is 32.2 Å². The van der Waals surface area contributed by atoms with Gasteiger partial charge in [-0.3, -0.25) is 0 Å². The van der Waals surface area contributed by atoms with Gasteiger partial charge in [-0.25, -0.2) is 0 Å². The fourth-order valence-electron chi connectivity index (χ4n) is 2.15. The van der Waals surface area contributed by atoms with Crippen molar-refractivity contribution in [1.29, 1.82) is 0 Å². The Bertz CT molecular complexity index is 319. The first kappa shape index (κ1) is 8.76. The molecule has 0 radical (unpaired) electrons. The fraction of sp³-hybridized carbons (Fsp3) is 0.500. The van der Waals surface area contributed by atoms with E-state index in [2.05, 4.69) is 38.1 Å². The third-order valence-corrected chi connectivity index (χ3v) is 3.20. The number of nitrogens with two attached hydrogens (primary N) is 1. The quantitative estimate of drug-likeness (QED) is 0.734. The van der Waals surface area contributed by atoms with Crippen molar-refractivity contribution in [3.63, 3.8) is 0 Å². The molecule has 1 heteroatoms. The standard InChI is InChI=1S/C12H17N/c1-3-10-8-12(10,13)11-6-4-5-9(2)7-11/h4-7,10H,3,8,13H2,1-2H3. The van der Waals surface area contributed by atoms with Crippen LogP contribution >= 0.6 is 0 Å². The SMILES string of the molecule is CCC1CC1(N)c1cccc(C)c1. The molecule has 1 fully saturated rings. The molecule has 1 aliphatic rings. The average molecular weight is 175 g/mol. The summed E-state index contributed by atoms with van der Waals surface area (Å²) in [6.07, 6.45) is 2.36. The Labute approximate surface area is 80.0 Å². The third-order valence-electron chi connectivity index (χ3n) is 3.20. The summed E-state index contributed by atoms with van der Waals surface area (Å²) >= 11 is 0. The molecular weight excluding hydrogens is 158 g/mol. The van der Waals surface area contributed by atoms with Gasteiger partial charge in [0.25, 0.3) is 0 Å². The highest BCUT2D eigenvalue weighted by molar-refractivity contribution is 5.34. The zero-order chi connectivity index (χ0) is 9.47. The summed E-state index contributed by atoms with van der Waals surface area (Å²) in [7, 11) is 0. The van der Waals surface area contributed by atoms with Crippen molar-refractivity contribution in [2.75, 3.05) is 0 Å². The van der Waals surface area contributed by atoms with E-state index in [0.717, 1.165) is 6.42 Å². The van der Waals surface area contributed by atoms with E-state index in [0.29, 0.717) is 5.92 Å². The molecule has 0 bridgehead atoms. The molecule has 0 heterocycles. The molecule has 0 aromatic heterocycles. The molecule has 0 saturated heterocycles. The van der Waals surface area contributed by atoms with E-state index in [1.165, 1.54) is 17.5 Å². The first-order chi connectivity index (χ1) is 6.16. The lowest BCUT2D eigenvalue weighted by Gasteiger charge is -2.11. The van der Waals surface area contributed by atoms with Crippen molar-refractivity contribution in [3.05, 3.63) is 35.4 Å². The maximum Gasteiger partial charge on any atom is 0.0442 e. The Morgan fingerprint density at radius 2 is 2.31 bits per heavy atom.